The summed E-state index contributed by atoms with van der Waals surface area (Å²) in [5.41, 5.74) is 0. The average Bonchev–Trinajstić information content (AvgIpc) is 2.28. The number of rotatable bonds is 2. The van der Waals surface area contributed by atoms with Crippen LogP contribution in [-0.2, 0) is 0 Å². The van der Waals surface area contributed by atoms with Crippen LogP contribution in [0.5, 0.6) is 0 Å². The molecule has 0 spiro atoms. The van der Waals surface area contributed by atoms with Crippen molar-refractivity contribution >= 4 is 59.4 Å². The molecular formula is C12H20SSn2. The van der Waals surface area contributed by atoms with Gasteiger partial charge in [0, 0.05) is 0 Å². The van der Waals surface area contributed by atoms with E-state index in [9.17, 15) is 0 Å². The Morgan fingerprint density at radius 1 is 0.800 bits per heavy atom. The van der Waals surface area contributed by atoms with Gasteiger partial charge in [0.1, 0.15) is 0 Å². The monoisotopic (exact) mass is 436 g/mol. The normalized spacial score (nSPS) is 13.2. The summed E-state index contributed by atoms with van der Waals surface area (Å²) in [5.74, 6) is 0. The topological polar surface area (TPSA) is 0 Å². The van der Waals surface area contributed by atoms with Crippen LogP contribution < -0.4 is 5.79 Å². The van der Waals surface area contributed by atoms with Crippen molar-refractivity contribution in [3.63, 3.8) is 0 Å². The van der Waals surface area contributed by atoms with Crippen molar-refractivity contribution in [3.05, 3.63) is 12.1 Å². The van der Waals surface area contributed by atoms with Crippen LogP contribution in [0.2, 0.25) is 6.86 Å². The maximum atomic E-state index is 2.42. The van der Waals surface area contributed by atoms with E-state index < -0.39 is 0 Å². The zero-order chi connectivity index (χ0) is 11.7. The van der Waals surface area contributed by atoms with Crippen LogP contribution in [0.25, 0.3) is 0 Å². The summed E-state index contributed by atoms with van der Waals surface area (Å²) < 4.78 is 4.67. The molecule has 0 saturated heterocycles. The summed E-state index contributed by atoms with van der Waals surface area (Å²) in [6, 6.07) is 4.84. The summed E-state index contributed by atoms with van der Waals surface area (Å²) in [5, 5.41) is 0. The number of thiophene rings is 1. The van der Waals surface area contributed by atoms with Gasteiger partial charge in [0.15, 0.2) is 0 Å². The molecule has 1 aromatic heterocycles. The van der Waals surface area contributed by atoms with Gasteiger partial charge in [0.2, 0.25) is 0 Å². The molecule has 0 aliphatic heterocycles. The van der Waals surface area contributed by atoms with Crippen LogP contribution >= 0.6 is 11.3 Å². The molecule has 15 heavy (non-hydrogen) atoms. The fourth-order valence-electron chi connectivity index (χ4n) is 1.21. The quantitative estimate of drug-likeness (QED) is 0.629. The first-order valence-corrected chi connectivity index (χ1v) is 11.8. The Morgan fingerprint density at radius 2 is 1.13 bits per heavy atom. The molecule has 0 nitrogen and oxygen atoms in total. The van der Waals surface area contributed by atoms with E-state index in [2.05, 4.69) is 65.0 Å². The molecule has 0 bridgehead atoms. The van der Waals surface area contributed by atoms with Crippen molar-refractivity contribution < 1.29 is 0 Å². The van der Waals surface area contributed by atoms with Crippen molar-refractivity contribution in [2.45, 2.75) is 48.4 Å². The first-order valence-electron chi connectivity index (χ1n) is 5.32. The first kappa shape index (κ1) is 14.4. The van der Waals surface area contributed by atoms with E-state index in [-0.39, 0.29) is 42.3 Å². The Hall–Kier alpha value is 1.30. The molecule has 1 rings (SSSR count). The van der Waals surface area contributed by atoms with Gasteiger partial charge in [-0.3, -0.25) is 0 Å². The van der Waals surface area contributed by atoms with Crippen LogP contribution in [0.15, 0.2) is 12.1 Å². The summed E-state index contributed by atoms with van der Waals surface area (Å²) in [6.07, 6.45) is 0. The van der Waals surface area contributed by atoms with Crippen LogP contribution in [0.4, 0.5) is 0 Å². The predicted octanol–water partition coefficient (Wildman–Crippen LogP) is 2.84. The second-order valence-electron chi connectivity index (χ2n) is 5.91. The molecule has 0 fully saturated rings. The predicted molar refractivity (Wildman–Crippen MR) is 74.5 cm³/mol. The molecule has 1 heterocycles. The van der Waals surface area contributed by atoms with Gasteiger partial charge in [-0.15, -0.1) is 0 Å². The molecule has 0 amide bonds. The van der Waals surface area contributed by atoms with E-state index in [1.807, 2.05) is 0 Å². The maximum absolute atomic E-state index is 2.42. The summed E-state index contributed by atoms with van der Waals surface area (Å²) in [7, 11) is 0. The van der Waals surface area contributed by atoms with Crippen LogP contribution in [0.1, 0.15) is 41.5 Å². The molecule has 3 heteroatoms. The molecule has 4 radical (unpaired) electrons. The fourth-order valence-corrected chi connectivity index (χ4v) is 16.4. The molecule has 0 aliphatic carbocycles. The molecule has 0 aromatic carbocycles. The third-order valence-electron chi connectivity index (χ3n) is 1.60. The first-order chi connectivity index (χ1) is 6.66. The van der Waals surface area contributed by atoms with Gasteiger partial charge in [0.25, 0.3) is 0 Å². The van der Waals surface area contributed by atoms with Gasteiger partial charge in [-0.05, 0) is 0 Å². The third-order valence-corrected chi connectivity index (χ3v) is 12.1. The van der Waals surface area contributed by atoms with Crippen molar-refractivity contribution in [3.8, 4) is 0 Å². The summed E-state index contributed by atoms with van der Waals surface area (Å²) in [6.45, 7) is 14.3. The molecule has 0 unspecified atom stereocenters. The van der Waals surface area contributed by atoms with Crippen molar-refractivity contribution in [1.82, 2.24) is 0 Å². The molecule has 0 saturated carbocycles. The number of hydrogen-bond donors (Lipinski definition) is 0. The average molecular weight is 434 g/mol. The van der Waals surface area contributed by atoms with Crippen LogP contribution in [0.3, 0.4) is 0 Å². The van der Waals surface area contributed by atoms with Gasteiger partial charge < -0.3 is 0 Å². The Balaban J connectivity index is 2.65. The summed E-state index contributed by atoms with van der Waals surface area (Å²) >= 11 is 1.44. The Bertz CT molecular complexity index is 285. The zero-order valence-electron chi connectivity index (χ0n) is 10.6. The Morgan fingerprint density at radius 3 is 1.40 bits per heavy atom. The van der Waals surface area contributed by atoms with E-state index in [0.29, 0.717) is 6.86 Å². The molecule has 0 N–H and O–H groups in total. The van der Waals surface area contributed by atoms with Crippen molar-refractivity contribution in [1.29, 1.82) is 0 Å². The van der Waals surface area contributed by atoms with E-state index in [1.165, 1.54) is 0 Å². The minimum absolute atomic E-state index is 0.347. The Kier molecular flexibility index (Phi) is 5.07. The minimum atomic E-state index is -0.347. The fraction of sp³-hybridized carbons (Fsp3) is 0.667. The molecular weight excluding hydrogens is 414 g/mol. The third kappa shape index (κ3) is 6.57. The second kappa shape index (κ2) is 5.30. The van der Waals surface area contributed by atoms with Crippen LogP contribution in [-0.4, -0.2) is 42.3 Å². The van der Waals surface area contributed by atoms with Gasteiger partial charge in [0.05, 0.1) is 0 Å². The van der Waals surface area contributed by atoms with Gasteiger partial charge in [-0.2, -0.15) is 0 Å². The van der Waals surface area contributed by atoms with E-state index in [4.69, 9.17) is 0 Å². The molecule has 82 valence electrons. The van der Waals surface area contributed by atoms with Crippen molar-refractivity contribution in [2.75, 3.05) is 0 Å². The zero-order valence-corrected chi connectivity index (χ0v) is 17.1. The van der Waals surface area contributed by atoms with E-state index >= 15 is 0 Å². The molecule has 1 aromatic rings. The Labute approximate surface area is 119 Å². The van der Waals surface area contributed by atoms with Crippen molar-refractivity contribution in [2.24, 2.45) is 0 Å². The van der Waals surface area contributed by atoms with Gasteiger partial charge in [-0.25, -0.2) is 0 Å². The second-order valence-corrected chi connectivity index (χ2v) is 22.1. The van der Waals surface area contributed by atoms with Crippen LogP contribution in [0, 0.1) is 0 Å². The molecule has 0 atom stereocenters. The summed E-state index contributed by atoms with van der Waals surface area (Å²) in [4.78, 5) is 0. The van der Waals surface area contributed by atoms with Gasteiger partial charge >= 0.3 is 120 Å². The molecule has 0 aliphatic rings. The van der Waals surface area contributed by atoms with Gasteiger partial charge in [-0.1, -0.05) is 0 Å². The standard InChI is InChI=1S/C4H2S.2C4H9.2Sn/c1-2-4-5-3-1;2*1-4(2)3;;/h1-2H;2*1-3H3;;. The SMILES string of the molecule is C[C](C)(C)[Sn][c]1cc[c]([Sn][C](C)(C)C)s1. The number of hydrogen-bond acceptors (Lipinski definition) is 1. The van der Waals surface area contributed by atoms with E-state index in [1.54, 1.807) is 5.79 Å². The van der Waals surface area contributed by atoms with E-state index in [0.717, 1.165) is 0 Å².